The average Bonchev–Trinajstić information content (AvgIpc) is 1.48. The highest BCUT2D eigenvalue weighted by Crippen LogP contribution is 2.68. The zero-order valence-corrected chi connectivity index (χ0v) is 74.9. The van der Waals surface area contributed by atoms with Gasteiger partial charge in [-0.1, -0.05) is 92.7 Å². The average molecular weight is 1780 g/mol. The number of H-pyrrole nitrogens is 1. The lowest BCUT2D eigenvalue weighted by molar-refractivity contribution is -0.201. The van der Waals surface area contributed by atoms with Gasteiger partial charge in [0.15, 0.2) is 20.1 Å². The molecule has 5 aromatic rings. The van der Waals surface area contributed by atoms with Crippen molar-refractivity contribution in [3.63, 3.8) is 0 Å². The van der Waals surface area contributed by atoms with E-state index < -0.39 is 172 Å². The quantitative estimate of drug-likeness (QED) is 0.00646. The summed E-state index contributed by atoms with van der Waals surface area (Å²) in [5.74, 6) is -8.63. The summed E-state index contributed by atoms with van der Waals surface area (Å²) >= 11 is 0. The zero-order valence-electron chi connectivity index (χ0n) is 72.9. The number of nitrogens with two attached hydrogens (primary N) is 2. The molecule has 1 aliphatic carbocycles. The Morgan fingerprint density at radius 2 is 1.49 bits per heavy atom. The lowest BCUT2D eigenvalue weighted by atomic mass is 9.47. The van der Waals surface area contributed by atoms with Crippen LogP contribution in [0.1, 0.15) is 148 Å². The number of rotatable bonds is 28. The van der Waals surface area contributed by atoms with Crippen molar-refractivity contribution >= 4 is 116 Å². The molecule has 8 amide bonds. The second-order valence-electron chi connectivity index (χ2n) is 36.4. The van der Waals surface area contributed by atoms with E-state index in [4.69, 9.17) is 29.9 Å². The fraction of sp³-hybridized carbons (Fsp3) is 0.539. The van der Waals surface area contributed by atoms with Crippen molar-refractivity contribution in [1.82, 2.24) is 56.9 Å². The summed E-state index contributed by atoms with van der Waals surface area (Å²) in [6.45, 7) is 16.5. The van der Waals surface area contributed by atoms with Gasteiger partial charge in [-0.15, -0.1) is 0 Å². The topological polar surface area (TPSA) is 519 Å². The van der Waals surface area contributed by atoms with Crippen molar-refractivity contribution in [1.29, 1.82) is 0 Å². The molecule has 1 aromatic heterocycles. The number of Topliss-reactive ketones (excluding diaryl/α,β-unsaturated/α-hetero) is 1. The first-order valence-corrected chi connectivity index (χ1v) is 49.3. The van der Waals surface area contributed by atoms with Crippen LogP contribution in [0.4, 0.5) is 5.69 Å². The van der Waals surface area contributed by atoms with Crippen molar-refractivity contribution in [2.75, 3.05) is 71.4 Å². The summed E-state index contributed by atoms with van der Waals surface area (Å²) in [5.41, 5.74) is 14.0. The normalized spacial score (nSPS) is 28.1. The van der Waals surface area contributed by atoms with Gasteiger partial charge in [0.2, 0.25) is 55.6 Å². The van der Waals surface area contributed by atoms with Gasteiger partial charge in [0, 0.05) is 140 Å². The Balaban J connectivity index is 0.00000474. The molecular weight excluding hydrogens is 1660 g/mol. The molecule has 9 heterocycles. The molecule has 8 aliphatic heterocycles. The van der Waals surface area contributed by atoms with Gasteiger partial charge in [-0.05, 0) is 149 Å². The van der Waals surface area contributed by atoms with E-state index in [0.717, 1.165) is 76.3 Å². The number of carbonyl (C=O) groups is 11. The van der Waals surface area contributed by atoms with Crippen LogP contribution in [0.2, 0.25) is 32.2 Å². The van der Waals surface area contributed by atoms with Crippen LogP contribution < -0.4 is 63.5 Å². The van der Waals surface area contributed by atoms with E-state index in [1.165, 1.54) is 10.9 Å². The van der Waals surface area contributed by atoms with E-state index >= 15 is 0 Å². The number of carboxylic acid groups (broad SMARTS) is 2. The number of piperidine rings is 1. The maximum absolute atomic E-state index is 14.9. The monoisotopic (exact) mass is 1770 g/mol. The van der Waals surface area contributed by atoms with Crippen LogP contribution in [-0.2, 0) is 92.0 Å². The first-order valence-electron chi connectivity index (χ1n) is 43.2. The number of piperazine rings is 1. The molecule has 126 heavy (non-hydrogen) atoms. The zero-order chi connectivity index (χ0) is 91.3. The molecule has 17 N–H and O–H groups in total. The minimum absolute atomic E-state index is 0.0183. The number of aromatic amines is 1. The SMILES string of the molecule is CC[C@]1(O)C[C@H]2CN(CCc3c([nH]c4ccccc34)[C@@](C)(c3cc4c(cc3OC)N(C)[C@@H]3[C@]45CCN4CC=C[C@@](CC)(C(O)[C@]3(O)CCC(=O)c3ccc([Si](C)(C)O[Si](C)(C)CC(NC(=O)CCC(=O)NCc6ccc(CN7C(=O)[C@H]8CC(=O)N[C@@H](CCCN=C(N)N)C(=O)NCC(=O)N[C@@H](CC(=O)O)C(=O)NC[C@H]7C(=O)N8)cc6)C(=O)O)cc3)[C@@H]45)C2)C1.O=C=O. The second-order valence-corrected chi connectivity index (χ2v) is 44.8. The minimum atomic E-state index is -2.96. The second kappa shape index (κ2) is 38.3. The molecule has 3 unspecified atom stereocenters. The number of aliphatic carboxylic acids is 2. The Bertz CT molecular complexity index is 5100. The van der Waals surface area contributed by atoms with Crippen molar-refractivity contribution in [2.24, 2.45) is 27.8 Å². The van der Waals surface area contributed by atoms with Crippen LogP contribution in [0.15, 0.2) is 102 Å². The number of aliphatic hydroxyl groups excluding tert-OH is 1. The number of likely N-dealkylation sites (N-methyl/N-ethyl adjacent to an activating group) is 1. The molecule has 5 saturated heterocycles. The van der Waals surface area contributed by atoms with Crippen LogP contribution >= 0.6 is 0 Å². The van der Waals surface area contributed by atoms with Gasteiger partial charge in [0.25, 0.3) is 0 Å². The van der Waals surface area contributed by atoms with Crippen LogP contribution in [0.3, 0.4) is 0 Å². The van der Waals surface area contributed by atoms with E-state index in [1.54, 1.807) is 43.5 Å². The molecule has 6 fully saturated rings. The van der Waals surface area contributed by atoms with Crippen LogP contribution in [0, 0.1) is 11.3 Å². The molecule has 1 spiro atoms. The molecule has 37 heteroatoms. The van der Waals surface area contributed by atoms with Gasteiger partial charge in [0.1, 0.15) is 41.6 Å². The van der Waals surface area contributed by atoms with E-state index in [1.807, 2.05) is 45.4 Å². The summed E-state index contributed by atoms with van der Waals surface area (Å²) in [6.07, 6.45) is 5.25. The number of benzene rings is 4. The molecule has 35 nitrogen and oxygen atoms in total. The number of fused-ring (bicyclic) bond motifs is 20. The van der Waals surface area contributed by atoms with Gasteiger partial charge < -0.3 is 97.9 Å². The first kappa shape index (κ1) is 94.1. The molecule has 14 rings (SSSR count). The number of ether oxygens (including phenoxy) is 1. The van der Waals surface area contributed by atoms with Crippen LogP contribution in [0.25, 0.3) is 10.9 Å². The fourth-order valence-corrected chi connectivity index (χ4v) is 30.2. The van der Waals surface area contributed by atoms with E-state index in [0.29, 0.717) is 55.5 Å². The van der Waals surface area contributed by atoms with Crippen molar-refractivity contribution in [3.8, 4) is 5.75 Å². The first-order chi connectivity index (χ1) is 59.7. The fourth-order valence-electron chi connectivity index (χ4n) is 21.6. The predicted molar refractivity (Wildman–Crippen MR) is 468 cm³/mol. The van der Waals surface area contributed by atoms with Crippen molar-refractivity contribution in [2.45, 2.75) is 226 Å². The number of guanidine groups is 1. The molecule has 9 aliphatic rings. The number of carboxylic acids is 2. The standard InChI is InChI=1S/C88H119N15O18Si2.CO2/c1-10-85(118)43-53-42-84(3,74-57(30-36-101(47-53)50-85)56-16-12-13-17-60(56)98-74)59-38-58-65(41-68(59)120-5)100(4)81-87(58)33-37-102-35-15-31-86(11-2,80(87)102)82(117)88(81,119)32-29-67(104)54-23-25-55(26-24-54)123(8,9)121-122(6,7)49-64(79(115)116)97-70(106)28-27-69(105)92-44-51-19-21-52(22-20-51)48-103-66-45-93-76(112)62(40-73(109)110)96-72(108)46-94-75(111)61(18-14-34-91-83(89)90)95-71(107)39-63(78(103)114)99-77(66)113;2-1-3/h12-13,15-17,19-26,31,38,41,53,61-64,66,80-82,98,117-119H,10-11,14,18,27-30,32-37,39-40,42-50H2,1-9H3,(H,92,105)(H,93,112)(H,94,111)(H,95,107)(H,96,108)(H,97,106)(H,99,113)(H,109,110)(H,115,116)(H4,89,90,91);/t53-,61-,62-,63+,64?,66-,80+,81+,82?,84+,85-,86+,87+,88-;/m0./s1. The number of hydrogen-bond acceptors (Lipinski definition) is 22. The summed E-state index contributed by atoms with van der Waals surface area (Å²) in [4.78, 5) is 180. The van der Waals surface area contributed by atoms with Gasteiger partial charge >= 0.3 is 18.1 Å². The number of para-hydroxylation sites is 1. The maximum atomic E-state index is 14.9. The summed E-state index contributed by atoms with van der Waals surface area (Å²) < 4.78 is 13.5. The molecule has 4 bridgehead atoms. The lowest BCUT2D eigenvalue weighted by Crippen LogP contribution is -2.78. The number of nitrogens with one attached hydrogen (secondary N) is 8. The molecule has 0 radical (unpaired) electrons. The number of aromatic nitrogens is 1. The third-order valence-electron chi connectivity index (χ3n) is 27.2. The van der Waals surface area contributed by atoms with Gasteiger partial charge in [-0.2, -0.15) is 9.59 Å². The van der Waals surface area contributed by atoms with Gasteiger partial charge in [-0.3, -0.25) is 67.5 Å². The van der Waals surface area contributed by atoms with E-state index in [-0.39, 0.29) is 94.1 Å². The maximum Gasteiger partial charge on any atom is 0.373 e. The highest BCUT2D eigenvalue weighted by Gasteiger charge is 2.76. The summed E-state index contributed by atoms with van der Waals surface area (Å²) in [6, 6.07) is 18.8. The molecular formula is C89H119N15O20Si2. The molecule has 678 valence electrons. The Morgan fingerprint density at radius 3 is 2.17 bits per heavy atom. The number of anilines is 1. The number of aliphatic hydroxyl groups is 3. The van der Waals surface area contributed by atoms with E-state index in [2.05, 4.69) is 131 Å². The van der Waals surface area contributed by atoms with Crippen molar-refractivity contribution < 1.29 is 96.7 Å². The van der Waals surface area contributed by atoms with Crippen LogP contribution in [0.5, 0.6) is 5.75 Å². The number of amides is 8. The Labute approximate surface area is 733 Å². The van der Waals surface area contributed by atoms with Crippen molar-refractivity contribution in [3.05, 3.63) is 136 Å². The number of ketones is 1. The highest BCUT2D eigenvalue weighted by molar-refractivity contribution is 6.92. The third kappa shape index (κ3) is 19.6. The molecule has 1 saturated carbocycles. The number of nitrogens with zero attached hydrogens (tertiary/aromatic N) is 5. The number of hydrogen-bond donors (Lipinski definition) is 15. The van der Waals surface area contributed by atoms with Gasteiger partial charge in [0.05, 0.1) is 44.2 Å². The summed E-state index contributed by atoms with van der Waals surface area (Å²) in [7, 11) is -2.11. The molecule has 15 atom stereocenters. The highest BCUT2D eigenvalue weighted by atomic mass is 28.4. The third-order valence-corrected chi connectivity index (χ3v) is 34.6. The minimum Gasteiger partial charge on any atom is -0.496 e. The number of methoxy groups -OCH3 is 1. The van der Waals surface area contributed by atoms with E-state index in [9.17, 15) is 78.3 Å². The predicted octanol–water partition coefficient (Wildman–Crippen LogP) is 1.80. The molecule has 4 aromatic carbocycles. The Kier molecular flexibility index (Phi) is 28.6. The lowest BCUT2D eigenvalue weighted by Gasteiger charge is -2.64. The van der Waals surface area contributed by atoms with Crippen LogP contribution in [-0.4, -0.2) is 265 Å². The Hall–Kier alpha value is -11.0. The number of aliphatic imine (C=N–C) groups is 1. The number of carbonyl (C=O) groups excluding carboxylic acids is 11. The smallest absolute Gasteiger partial charge is 0.373 e. The largest absolute Gasteiger partial charge is 0.496 e. The summed E-state index contributed by atoms with van der Waals surface area (Å²) in [5, 5.41) is 79.1. The Morgan fingerprint density at radius 1 is 0.802 bits per heavy atom. The van der Waals surface area contributed by atoms with Gasteiger partial charge in [-0.25, -0.2) is 0 Å².